The molecule has 0 unspecified atom stereocenters. The summed E-state index contributed by atoms with van der Waals surface area (Å²) >= 11 is 0. The Labute approximate surface area is 199 Å². The highest BCUT2D eigenvalue weighted by Gasteiger charge is 2.28. The third-order valence-corrected chi connectivity index (χ3v) is 5.36. The Balaban J connectivity index is 1.63. The number of carbonyl (C=O) groups is 1. The molecule has 5 nitrogen and oxygen atoms in total. The van der Waals surface area contributed by atoms with E-state index in [-0.39, 0.29) is 16.5 Å². The lowest BCUT2D eigenvalue weighted by atomic mass is 9.82. The summed E-state index contributed by atoms with van der Waals surface area (Å²) < 4.78 is 20.9. The molecule has 0 radical (unpaired) electrons. The van der Waals surface area contributed by atoms with E-state index in [1.54, 1.807) is 12.1 Å². The highest BCUT2D eigenvalue weighted by Crippen LogP contribution is 2.35. The van der Waals surface area contributed by atoms with Gasteiger partial charge in [0, 0.05) is 17.3 Å². The van der Waals surface area contributed by atoms with Crippen LogP contribution in [0.15, 0.2) is 72.9 Å². The third kappa shape index (κ3) is 5.45. The first-order chi connectivity index (χ1) is 16.0. The molecule has 34 heavy (non-hydrogen) atoms. The molecule has 4 rings (SSSR count). The first-order valence-corrected chi connectivity index (χ1v) is 11.3. The van der Waals surface area contributed by atoms with Crippen molar-refractivity contribution in [3.05, 3.63) is 84.3 Å². The van der Waals surface area contributed by atoms with Crippen LogP contribution in [0.25, 0.3) is 16.9 Å². The summed E-state index contributed by atoms with van der Waals surface area (Å²) in [6, 6.07) is 18.6. The molecule has 6 heteroatoms. The predicted molar refractivity (Wildman–Crippen MR) is 134 cm³/mol. The first-order valence-electron chi connectivity index (χ1n) is 11.3. The average Bonchev–Trinajstić information content (AvgIpc) is 3.10. The minimum absolute atomic E-state index is 0.157. The van der Waals surface area contributed by atoms with Gasteiger partial charge in [-0.2, -0.15) is 0 Å². The van der Waals surface area contributed by atoms with Crippen LogP contribution < -0.4 is 10.1 Å². The van der Waals surface area contributed by atoms with Crippen molar-refractivity contribution < 1.29 is 13.9 Å². The minimum Gasteiger partial charge on any atom is -0.423 e. The van der Waals surface area contributed by atoms with E-state index < -0.39 is 11.8 Å². The van der Waals surface area contributed by atoms with Gasteiger partial charge >= 0.3 is 5.97 Å². The quantitative estimate of drug-likeness (QED) is 0.249. The van der Waals surface area contributed by atoms with Crippen LogP contribution in [0.3, 0.4) is 0 Å². The van der Waals surface area contributed by atoms with Crippen LogP contribution in [0.1, 0.15) is 51.4 Å². The van der Waals surface area contributed by atoms with Crippen LogP contribution in [-0.4, -0.2) is 20.9 Å². The fourth-order valence-electron chi connectivity index (χ4n) is 4.47. The van der Waals surface area contributed by atoms with Gasteiger partial charge < -0.3 is 10.1 Å². The van der Waals surface area contributed by atoms with Crippen molar-refractivity contribution in [1.82, 2.24) is 9.38 Å². The second kappa shape index (κ2) is 8.93. The molecule has 4 aromatic rings. The molecule has 2 aromatic heterocycles. The van der Waals surface area contributed by atoms with E-state index in [1.165, 1.54) is 18.2 Å². The molecule has 0 aliphatic carbocycles. The number of anilines is 1. The van der Waals surface area contributed by atoms with Gasteiger partial charge in [-0.05, 0) is 80.3 Å². The molecule has 0 fully saturated rings. The summed E-state index contributed by atoms with van der Waals surface area (Å²) in [5.74, 6) is 0.205. The molecular weight excluding hydrogens is 429 g/mol. The molecule has 0 aliphatic heterocycles. The standard InChI is InChI=1S/C28H30FN3O2/c1-27(2,3)18-28(4,5)31-25-24(30-23-11-6-7-16-32(23)25)19-12-14-22(15-13-19)34-26(33)20-9-8-10-21(29)17-20/h6-17,31H,18H2,1-5H3. The predicted octanol–water partition coefficient (Wildman–Crippen LogP) is 6.99. The highest BCUT2D eigenvalue weighted by molar-refractivity contribution is 5.91. The average molecular weight is 460 g/mol. The van der Waals surface area contributed by atoms with Crippen molar-refractivity contribution in [2.24, 2.45) is 5.41 Å². The van der Waals surface area contributed by atoms with E-state index >= 15 is 0 Å². The largest absolute Gasteiger partial charge is 0.423 e. The van der Waals surface area contributed by atoms with E-state index in [9.17, 15) is 9.18 Å². The molecule has 0 saturated carbocycles. The van der Waals surface area contributed by atoms with E-state index in [1.807, 2.05) is 36.5 Å². The maximum absolute atomic E-state index is 13.4. The number of imidazole rings is 1. The van der Waals surface area contributed by atoms with Gasteiger partial charge in [-0.1, -0.05) is 32.9 Å². The van der Waals surface area contributed by atoms with Gasteiger partial charge in [-0.25, -0.2) is 14.2 Å². The van der Waals surface area contributed by atoms with Crippen LogP contribution in [0.5, 0.6) is 5.75 Å². The number of halogens is 1. The Kier molecular flexibility index (Phi) is 6.17. The summed E-state index contributed by atoms with van der Waals surface area (Å²) in [6.07, 6.45) is 2.96. The number of nitrogens with one attached hydrogen (secondary N) is 1. The van der Waals surface area contributed by atoms with Crippen LogP contribution >= 0.6 is 0 Å². The van der Waals surface area contributed by atoms with Crippen molar-refractivity contribution in [3.63, 3.8) is 0 Å². The zero-order valence-electron chi connectivity index (χ0n) is 20.2. The third-order valence-electron chi connectivity index (χ3n) is 5.36. The van der Waals surface area contributed by atoms with E-state index in [2.05, 4.69) is 44.3 Å². The Bertz CT molecular complexity index is 1320. The number of aromatic nitrogens is 2. The van der Waals surface area contributed by atoms with Gasteiger partial charge in [0.05, 0.1) is 5.56 Å². The van der Waals surface area contributed by atoms with Crippen molar-refractivity contribution in [3.8, 4) is 17.0 Å². The number of hydrogen-bond acceptors (Lipinski definition) is 4. The first kappa shape index (κ1) is 23.5. The van der Waals surface area contributed by atoms with Crippen LogP contribution in [0, 0.1) is 11.2 Å². The van der Waals surface area contributed by atoms with Crippen molar-refractivity contribution >= 4 is 17.4 Å². The van der Waals surface area contributed by atoms with Crippen molar-refractivity contribution in [2.45, 2.75) is 46.6 Å². The number of rotatable bonds is 6. The summed E-state index contributed by atoms with van der Waals surface area (Å²) in [7, 11) is 0. The second-order valence-electron chi connectivity index (χ2n) is 10.4. The van der Waals surface area contributed by atoms with Gasteiger partial charge in [-0.15, -0.1) is 0 Å². The van der Waals surface area contributed by atoms with Crippen LogP contribution in [0.4, 0.5) is 10.2 Å². The Morgan fingerprint density at radius 3 is 2.41 bits per heavy atom. The summed E-state index contributed by atoms with van der Waals surface area (Å²) in [6.45, 7) is 11.1. The molecule has 0 aliphatic rings. The maximum Gasteiger partial charge on any atom is 0.343 e. The minimum atomic E-state index is -0.605. The smallest absolute Gasteiger partial charge is 0.343 e. The van der Waals surface area contributed by atoms with E-state index in [0.29, 0.717) is 5.75 Å². The Hall–Kier alpha value is -3.67. The molecule has 1 N–H and O–H groups in total. The number of fused-ring (bicyclic) bond motifs is 1. The number of carbonyl (C=O) groups excluding carboxylic acids is 1. The normalized spacial score (nSPS) is 12.1. The number of ether oxygens (including phenoxy) is 1. The molecule has 2 aromatic carbocycles. The summed E-state index contributed by atoms with van der Waals surface area (Å²) in [5.41, 5.74) is 2.70. The topological polar surface area (TPSA) is 55.6 Å². The Morgan fingerprint density at radius 2 is 1.74 bits per heavy atom. The summed E-state index contributed by atoms with van der Waals surface area (Å²) in [5, 5.41) is 3.72. The Morgan fingerprint density at radius 1 is 1.00 bits per heavy atom. The zero-order valence-corrected chi connectivity index (χ0v) is 20.2. The molecule has 2 heterocycles. The van der Waals surface area contributed by atoms with Gasteiger partial charge in [0.2, 0.25) is 0 Å². The van der Waals surface area contributed by atoms with Crippen molar-refractivity contribution in [2.75, 3.05) is 5.32 Å². The highest BCUT2D eigenvalue weighted by atomic mass is 19.1. The molecule has 0 saturated heterocycles. The maximum atomic E-state index is 13.4. The number of hydrogen-bond donors (Lipinski definition) is 1. The molecule has 0 spiro atoms. The zero-order chi connectivity index (χ0) is 24.5. The van der Waals surface area contributed by atoms with Gasteiger partial charge in [0.25, 0.3) is 0 Å². The fraction of sp³-hybridized carbons (Fsp3) is 0.286. The molecule has 176 valence electrons. The SMILES string of the molecule is CC(C)(C)CC(C)(C)Nc1c(-c2ccc(OC(=O)c3cccc(F)c3)cc2)nc2ccccn12. The monoisotopic (exact) mass is 459 g/mol. The van der Waals surface area contributed by atoms with Gasteiger partial charge in [0.15, 0.2) is 0 Å². The second-order valence-corrected chi connectivity index (χ2v) is 10.4. The van der Waals surface area contributed by atoms with Crippen LogP contribution in [-0.2, 0) is 0 Å². The van der Waals surface area contributed by atoms with Crippen molar-refractivity contribution in [1.29, 1.82) is 0 Å². The van der Waals surface area contributed by atoms with E-state index in [4.69, 9.17) is 9.72 Å². The lowest BCUT2D eigenvalue weighted by Crippen LogP contribution is -2.36. The molecule has 0 bridgehead atoms. The van der Waals surface area contributed by atoms with Gasteiger partial charge in [0.1, 0.15) is 28.7 Å². The fourth-order valence-corrected chi connectivity index (χ4v) is 4.47. The van der Waals surface area contributed by atoms with Crippen LogP contribution in [0.2, 0.25) is 0 Å². The number of nitrogens with zero attached hydrogens (tertiary/aromatic N) is 2. The number of pyridine rings is 1. The molecule has 0 atom stereocenters. The molecular formula is C28H30FN3O2. The lowest BCUT2D eigenvalue weighted by Gasteiger charge is -2.34. The lowest BCUT2D eigenvalue weighted by molar-refractivity contribution is 0.0734. The number of esters is 1. The molecule has 0 amide bonds. The summed E-state index contributed by atoms with van der Waals surface area (Å²) in [4.78, 5) is 17.2. The number of benzene rings is 2. The van der Waals surface area contributed by atoms with Gasteiger partial charge in [-0.3, -0.25) is 4.40 Å². The van der Waals surface area contributed by atoms with E-state index in [0.717, 1.165) is 35.2 Å².